The minimum absolute atomic E-state index is 0.0452. The molecule has 2 heterocycles. The molecule has 18 heteroatoms. The van der Waals surface area contributed by atoms with Gasteiger partial charge in [0.05, 0.1) is 31.5 Å². The Morgan fingerprint density at radius 1 is 0.787 bits per heavy atom. The highest BCUT2D eigenvalue weighted by molar-refractivity contribution is 6.99. The van der Waals surface area contributed by atoms with Crippen LogP contribution < -0.4 is 9.64 Å². The number of hydrogen-bond donors (Lipinski definition) is 0. The molecule has 17 nitrogen and oxygen atoms in total. The summed E-state index contributed by atoms with van der Waals surface area (Å²) in [6.07, 6.45) is -6.65. The highest BCUT2D eigenvalue weighted by Gasteiger charge is 2.33. The second-order valence-corrected chi connectivity index (χ2v) is 12.2. The first kappa shape index (κ1) is 39.1. The molecule has 1 amide bonds. The SMILES string of the molecule is CC(=O)O[C@@H](C)C(=O)O[C@@H](C)C(=O)O[C@@H](C)C(=O)O[C@@H](C)C(=O)O[C@H](COc1nsnc1N1CCOCC1)CN(C(C)=O)C(C)(C)C. The average Bonchev–Trinajstić information content (AvgIpc) is 3.46. The maximum Gasteiger partial charge on any atom is 0.347 e. The molecular weight excluding hydrogens is 644 g/mol. The van der Waals surface area contributed by atoms with Crippen molar-refractivity contribution in [2.24, 2.45) is 0 Å². The maximum atomic E-state index is 13.1. The van der Waals surface area contributed by atoms with Gasteiger partial charge in [-0.2, -0.15) is 4.37 Å². The zero-order valence-electron chi connectivity index (χ0n) is 28.1. The fraction of sp³-hybridized carbons (Fsp3) is 0.724. The van der Waals surface area contributed by atoms with Crippen LogP contribution in [0.15, 0.2) is 0 Å². The Morgan fingerprint density at radius 3 is 1.70 bits per heavy atom. The first-order chi connectivity index (χ1) is 21.9. The highest BCUT2D eigenvalue weighted by Crippen LogP contribution is 2.27. The van der Waals surface area contributed by atoms with Gasteiger partial charge in [-0.05, 0) is 48.5 Å². The van der Waals surface area contributed by atoms with Crippen molar-refractivity contribution >= 4 is 53.3 Å². The number of anilines is 1. The van der Waals surface area contributed by atoms with E-state index in [2.05, 4.69) is 8.75 Å². The van der Waals surface area contributed by atoms with Crippen LogP contribution >= 0.6 is 11.7 Å². The number of carbonyl (C=O) groups excluding carboxylic acids is 6. The molecule has 0 aromatic carbocycles. The number of morpholine rings is 1. The van der Waals surface area contributed by atoms with Gasteiger partial charge in [-0.1, -0.05) is 0 Å². The molecule has 0 spiro atoms. The molecule has 2 rings (SSSR count). The molecule has 1 aliphatic heterocycles. The number of ether oxygens (including phenoxy) is 7. The largest absolute Gasteiger partial charge is 0.470 e. The normalized spacial score (nSPS) is 16.4. The van der Waals surface area contributed by atoms with Gasteiger partial charge in [-0.15, -0.1) is 4.37 Å². The fourth-order valence-electron chi connectivity index (χ4n) is 4.12. The van der Waals surface area contributed by atoms with Gasteiger partial charge < -0.3 is 43.0 Å². The van der Waals surface area contributed by atoms with Gasteiger partial charge in [0.15, 0.2) is 30.5 Å². The van der Waals surface area contributed by atoms with Crippen molar-refractivity contribution in [3.05, 3.63) is 0 Å². The van der Waals surface area contributed by atoms with Gasteiger partial charge >= 0.3 is 29.8 Å². The van der Waals surface area contributed by atoms with Crippen LogP contribution in [-0.4, -0.2) is 125 Å². The molecular formula is C29H44N4O13S. The van der Waals surface area contributed by atoms with Crippen molar-refractivity contribution in [1.29, 1.82) is 0 Å². The Morgan fingerprint density at radius 2 is 1.26 bits per heavy atom. The molecule has 1 aliphatic rings. The molecule has 1 aromatic heterocycles. The molecule has 5 atom stereocenters. The lowest BCUT2D eigenvalue weighted by atomic mass is 10.1. The van der Waals surface area contributed by atoms with Crippen molar-refractivity contribution in [3.63, 3.8) is 0 Å². The Hall–Kier alpha value is -4.06. The van der Waals surface area contributed by atoms with Gasteiger partial charge in [0.25, 0.3) is 5.88 Å². The number of aromatic nitrogens is 2. The Labute approximate surface area is 277 Å². The summed E-state index contributed by atoms with van der Waals surface area (Å²) in [5.74, 6) is -4.32. The van der Waals surface area contributed by atoms with Gasteiger partial charge in [0.2, 0.25) is 11.7 Å². The number of amides is 1. The van der Waals surface area contributed by atoms with Crippen molar-refractivity contribution in [2.75, 3.05) is 44.4 Å². The van der Waals surface area contributed by atoms with Crippen LogP contribution in [0, 0.1) is 0 Å². The first-order valence-corrected chi connectivity index (χ1v) is 15.7. The van der Waals surface area contributed by atoms with E-state index < -0.39 is 65.9 Å². The van der Waals surface area contributed by atoms with E-state index in [1.165, 1.54) is 39.5 Å². The van der Waals surface area contributed by atoms with E-state index in [4.69, 9.17) is 33.2 Å². The molecule has 1 saturated heterocycles. The van der Waals surface area contributed by atoms with Crippen molar-refractivity contribution < 1.29 is 61.9 Å². The van der Waals surface area contributed by atoms with Gasteiger partial charge in [0.1, 0.15) is 6.61 Å². The predicted molar refractivity (Wildman–Crippen MR) is 163 cm³/mol. The molecule has 1 aromatic rings. The molecule has 0 saturated carbocycles. The Balaban J connectivity index is 2.04. The summed E-state index contributed by atoms with van der Waals surface area (Å²) in [6, 6.07) is 0. The summed E-state index contributed by atoms with van der Waals surface area (Å²) >= 11 is 0.959. The summed E-state index contributed by atoms with van der Waals surface area (Å²) in [7, 11) is 0. The van der Waals surface area contributed by atoms with Crippen LogP contribution in [0.4, 0.5) is 5.82 Å². The third-order valence-corrected chi connectivity index (χ3v) is 7.07. The van der Waals surface area contributed by atoms with Crippen molar-refractivity contribution in [3.8, 4) is 5.88 Å². The van der Waals surface area contributed by atoms with Crippen LogP contribution in [0.5, 0.6) is 5.88 Å². The smallest absolute Gasteiger partial charge is 0.347 e. The Bertz CT molecular complexity index is 1260. The number of rotatable bonds is 15. The van der Waals surface area contributed by atoms with Crippen LogP contribution in [0.3, 0.4) is 0 Å². The van der Waals surface area contributed by atoms with Crippen LogP contribution in [-0.2, 0) is 57.2 Å². The summed E-state index contributed by atoms with van der Waals surface area (Å²) in [4.78, 5) is 77.0. The highest BCUT2D eigenvalue weighted by atomic mass is 32.1. The van der Waals surface area contributed by atoms with E-state index in [0.29, 0.717) is 32.1 Å². The zero-order chi connectivity index (χ0) is 35.5. The van der Waals surface area contributed by atoms with E-state index >= 15 is 0 Å². The number of hydrogen-bond acceptors (Lipinski definition) is 17. The molecule has 1 fully saturated rings. The van der Waals surface area contributed by atoms with E-state index in [1.807, 2.05) is 25.7 Å². The minimum Gasteiger partial charge on any atom is -0.470 e. The lowest BCUT2D eigenvalue weighted by molar-refractivity contribution is -0.186. The lowest BCUT2D eigenvalue weighted by Crippen LogP contribution is -2.50. The number of nitrogens with zero attached hydrogens (tertiary/aromatic N) is 4. The summed E-state index contributed by atoms with van der Waals surface area (Å²) in [6.45, 7) is 14.9. The molecule has 47 heavy (non-hydrogen) atoms. The van der Waals surface area contributed by atoms with Crippen molar-refractivity contribution in [1.82, 2.24) is 13.6 Å². The predicted octanol–water partition coefficient (Wildman–Crippen LogP) is 1.06. The van der Waals surface area contributed by atoms with E-state index in [0.717, 1.165) is 18.7 Å². The monoisotopic (exact) mass is 688 g/mol. The fourth-order valence-corrected chi connectivity index (χ4v) is 4.64. The first-order valence-electron chi connectivity index (χ1n) is 15.0. The third kappa shape index (κ3) is 12.6. The third-order valence-electron chi connectivity index (χ3n) is 6.57. The van der Waals surface area contributed by atoms with E-state index in [1.54, 1.807) is 0 Å². The lowest BCUT2D eigenvalue weighted by Gasteiger charge is -2.37. The van der Waals surface area contributed by atoms with Crippen molar-refractivity contribution in [2.45, 2.75) is 98.4 Å². The Kier molecular flexibility index (Phi) is 14.8. The van der Waals surface area contributed by atoms with Crippen LogP contribution in [0.1, 0.15) is 62.3 Å². The summed E-state index contributed by atoms with van der Waals surface area (Å²) in [5.41, 5.74) is -0.626. The van der Waals surface area contributed by atoms with Gasteiger partial charge in [0, 0.05) is 32.5 Å². The quantitative estimate of drug-likeness (QED) is 0.187. The molecule has 0 aliphatic carbocycles. The van der Waals surface area contributed by atoms with Gasteiger partial charge in [-0.25, -0.2) is 19.2 Å². The second kappa shape index (κ2) is 17.7. The van der Waals surface area contributed by atoms with E-state index in [-0.39, 0.29) is 24.9 Å². The standard InChI is InChI=1S/C29H44N4O13S/c1-16(42-21(6)35)25(36)43-17(2)26(37)44-18(3)27(38)45-19(4)28(39)46-22(14-33(20(5)34)29(7,8)9)15-41-24-23(30-47-31-24)32-10-12-40-13-11-32/h16-19,22H,10-15H2,1-9H3/t16-,17-,18-,19-,22-/m0/s1. The van der Waals surface area contributed by atoms with Gasteiger partial charge in [-0.3, -0.25) is 9.59 Å². The topological polar surface area (TPSA) is 199 Å². The van der Waals surface area contributed by atoms with Crippen LogP contribution in [0.25, 0.3) is 0 Å². The maximum absolute atomic E-state index is 13.1. The number of carbonyl (C=O) groups is 6. The summed E-state index contributed by atoms with van der Waals surface area (Å²) < 4.78 is 45.3. The molecule has 0 unspecified atom stereocenters. The average molecular weight is 689 g/mol. The van der Waals surface area contributed by atoms with E-state index in [9.17, 15) is 28.8 Å². The molecule has 0 radical (unpaired) electrons. The molecule has 0 bridgehead atoms. The second-order valence-electron chi connectivity index (χ2n) is 11.7. The summed E-state index contributed by atoms with van der Waals surface area (Å²) in [5, 5.41) is 0. The zero-order valence-corrected chi connectivity index (χ0v) is 29.0. The molecule has 0 N–H and O–H groups in total. The minimum atomic E-state index is -1.49. The number of esters is 5. The van der Waals surface area contributed by atoms with Crippen LogP contribution in [0.2, 0.25) is 0 Å². The molecule has 264 valence electrons.